The summed E-state index contributed by atoms with van der Waals surface area (Å²) in [5.74, 6) is 0. The van der Waals surface area contributed by atoms with Crippen molar-refractivity contribution in [3.63, 3.8) is 0 Å². The maximum atomic E-state index is 4.31. The monoisotopic (exact) mass is 660 g/mol. The third-order valence-corrected chi connectivity index (χ3v) is 11.3. The van der Waals surface area contributed by atoms with Crippen molar-refractivity contribution < 1.29 is 4.99 Å². The Hall–Kier alpha value is -1.83. The van der Waals surface area contributed by atoms with E-state index in [1.54, 1.807) is 0 Å². The summed E-state index contributed by atoms with van der Waals surface area (Å²) in [5.41, 5.74) is 1.27. The Kier molecular flexibility index (Phi) is 22.0. The summed E-state index contributed by atoms with van der Waals surface area (Å²) in [6.45, 7) is 8.93. The average molecular weight is 660 g/mol. The highest BCUT2D eigenvalue weighted by atomic mass is 15.2. The van der Waals surface area contributed by atoms with Gasteiger partial charge in [0, 0.05) is 18.9 Å². The summed E-state index contributed by atoms with van der Waals surface area (Å²) in [5, 5.41) is 9.09. The van der Waals surface area contributed by atoms with Crippen molar-refractivity contribution >= 4 is 23.0 Å². The third-order valence-electron chi connectivity index (χ3n) is 11.3. The van der Waals surface area contributed by atoms with E-state index in [1.807, 2.05) is 0 Å². The van der Waals surface area contributed by atoms with Gasteiger partial charge in [0.1, 0.15) is 0 Å². The lowest BCUT2D eigenvalue weighted by molar-refractivity contribution is -0.586. The summed E-state index contributed by atoms with van der Waals surface area (Å²) >= 11 is 0. The van der Waals surface area contributed by atoms with Gasteiger partial charge in [-0.05, 0) is 35.6 Å². The third kappa shape index (κ3) is 16.3. The Morgan fingerprint density at radius 3 is 1.25 bits per heavy atom. The molecule has 0 saturated carbocycles. The predicted octanol–water partition coefficient (Wildman–Crippen LogP) is 12.6. The first-order valence-electron chi connectivity index (χ1n) is 21.6. The van der Waals surface area contributed by atoms with Crippen molar-refractivity contribution in [2.75, 3.05) is 5.32 Å². The van der Waals surface area contributed by atoms with Crippen LogP contribution in [0.1, 0.15) is 219 Å². The van der Waals surface area contributed by atoms with Crippen molar-refractivity contribution in [3.05, 3.63) is 40.9 Å². The van der Waals surface area contributed by atoms with Crippen molar-refractivity contribution in [1.29, 1.82) is 0 Å². The van der Waals surface area contributed by atoms with Crippen LogP contribution in [-0.4, -0.2) is 5.66 Å². The molecule has 1 aliphatic heterocycles. The Morgan fingerprint density at radius 1 is 0.479 bits per heavy atom. The van der Waals surface area contributed by atoms with E-state index in [2.05, 4.69) is 61.1 Å². The van der Waals surface area contributed by atoms with Gasteiger partial charge in [0.25, 0.3) is 0 Å². The topological polar surface area (TPSA) is 26.0 Å². The molecule has 0 unspecified atom stereocenters. The number of unbranched alkanes of at least 4 members (excludes halogenated alkanes) is 28. The van der Waals surface area contributed by atoms with Crippen LogP contribution in [0.4, 0.5) is 5.69 Å². The second-order valence-corrected chi connectivity index (χ2v) is 15.7. The molecule has 0 fully saturated rings. The van der Waals surface area contributed by atoms with Gasteiger partial charge >= 0.3 is 0 Å². The summed E-state index contributed by atoms with van der Waals surface area (Å²) in [7, 11) is 0. The molecule has 0 amide bonds. The van der Waals surface area contributed by atoms with Crippen LogP contribution in [0.3, 0.4) is 0 Å². The fourth-order valence-corrected chi connectivity index (χ4v) is 8.19. The van der Waals surface area contributed by atoms with Gasteiger partial charge < -0.3 is 5.32 Å². The first kappa shape index (κ1) is 40.6. The van der Waals surface area contributed by atoms with E-state index in [4.69, 9.17) is 0 Å². The lowest BCUT2D eigenvalue weighted by Crippen LogP contribution is -2.94. The molecular weight excluding hydrogens is 581 g/mol. The smallest absolute Gasteiger partial charge is 0.234 e. The van der Waals surface area contributed by atoms with Crippen LogP contribution in [0.25, 0.3) is 17.4 Å². The van der Waals surface area contributed by atoms with Gasteiger partial charge in [-0.2, -0.15) is 0 Å². The standard InChI is InChI=1S/C46H78N2/c1-4-6-8-10-12-14-16-18-20-22-24-26-28-30-32-39-46(47-43-36-34-35-42-41(3)37-38-44(48-46)45(42)43)40-33-31-29-27-25-23-21-19-17-15-13-11-9-7-5-2/h34-38,47H,3-33,39-40H2,1-2H3/p+1. The van der Waals surface area contributed by atoms with Crippen molar-refractivity contribution in [3.8, 4) is 0 Å². The second-order valence-electron chi connectivity index (χ2n) is 15.7. The zero-order valence-corrected chi connectivity index (χ0v) is 32.2. The van der Waals surface area contributed by atoms with Crippen LogP contribution in [0, 0.1) is 0 Å². The number of hydrogen-bond donors (Lipinski definition) is 2. The Bertz CT molecular complexity index is 1150. The lowest BCUT2D eigenvalue weighted by atomic mass is 9.91. The second kappa shape index (κ2) is 26.0. The van der Waals surface area contributed by atoms with Gasteiger partial charge in [0.2, 0.25) is 11.0 Å². The molecule has 2 nitrogen and oxygen atoms in total. The van der Waals surface area contributed by atoms with Crippen molar-refractivity contribution in [2.45, 2.75) is 225 Å². The highest BCUT2D eigenvalue weighted by Crippen LogP contribution is 2.27. The molecule has 1 heterocycles. The molecule has 0 spiro atoms. The average Bonchev–Trinajstić information content (AvgIpc) is 3.10. The minimum atomic E-state index is -0.0307. The number of hydrogen-bond acceptors (Lipinski definition) is 1. The number of benzene rings is 2. The molecule has 48 heavy (non-hydrogen) atoms. The molecule has 2 N–H and O–H groups in total. The van der Waals surface area contributed by atoms with E-state index in [9.17, 15) is 0 Å². The zero-order valence-electron chi connectivity index (χ0n) is 32.2. The molecule has 0 aliphatic carbocycles. The summed E-state index contributed by atoms with van der Waals surface area (Å²) in [4.78, 5) is 4.06. The Morgan fingerprint density at radius 2 is 0.854 bits per heavy atom. The first-order chi connectivity index (χ1) is 23.7. The molecule has 0 aromatic heterocycles. The fraction of sp³-hybridized carbons (Fsp3) is 0.761. The predicted molar refractivity (Wildman–Crippen MR) is 214 cm³/mol. The normalized spacial score (nSPS) is 13.5. The lowest BCUT2D eigenvalue weighted by Gasteiger charge is -2.30. The molecule has 2 heteroatoms. The van der Waals surface area contributed by atoms with E-state index in [1.165, 1.54) is 227 Å². The first-order valence-corrected chi connectivity index (χ1v) is 21.6. The molecule has 0 radical (unpaired) electrons. The van der Waals surface area contributed by atoms with Gasteiger partial charge in [-0.15, -0.1) is 0 Å². The number of nitrogens with one attached hydrogen (secondary N) is 2. The van der Waals surface area contributed by atoms with Crippen LogP contribution in [0.2, 0.25) is 0 Å². The molecule has 2 aromatic carbocycles. The molecular formula is C46H79N2+. The maximum absolute atomic E-state index is 4.31. The highest BCUT2D eigenvalue weighted by Gasteiger charge is 2.37. The van der Waals surface area contributed by atoms with E-state index in [0.29, 0.717) is 0 Å². The van der Waals surface area contributed by atoms with Gasteiger partial charge in [-0.25, -0.2) is 4.99 Å². The number of rotatable bonds is 32. The highest BCUT2D eigenvalue weighted by molar-refractivity contribution is 5.94. The summed E-state index contributed by atoms with van der Waals surface area (Å²) < 4.78 is 0. The van der Waals surface area contributed by atoms with E-state index < -0.39 is 0 Å². The van der Waals surface area contributed by atoms with E-state index in [-0.39, 0.29) is 5.66 Å². The SMILES string of the molecule is C=c1ccc2c3c(cccc13)NC(CCCCCCCCCCCCCCCCC)(CCCCCCCCCCCCCCCCC)[NH+]=2. The summed E-state index contributed by atoms with van der Waals surface area (Å²) in [6, 6.07) is 11.2. The zero-order chi connectivity index (χ0) is 34.0. The Labute approximate surface area is 298 Å². The van der Waals surface area contributed by atoms with Crippen LogP contribution in [0.5, 0.6) is 0 Å². The fourth-order valence-electron chi connectivity index (χ4n) is 8.19. The van der Waals surface area contributed by atoms with Gasteiger partial charge in [-0.3, -0.25) is 0 Å². The van der Waals surface area contributed by atoms with E-state index >= 15 is 0 Å². The van der Waals surface area contributed by atoms with Gasteiger partial charge in [0.05, 0.1) is 11.1 Å². The minimum Gasteiger partial charge on any atom is -0.325 e. The molecule has 3 rings (SSSR count). The Balaban J connectivity index is 1.33. The van der Waals surface area contributed by atoms with Crippen molar-refractivity contribution in [2.24, 2.45) is 0 Å². The van der Waals surface area contributed by atoms with Crippen LogP contribution < -0.4 is 20.9 Å². The largest absolute Gasteiger partial charge is 0.325 e. The quantitative estimate of drug-likeness (QED) is 0.0751. The van der Waals surface area contributed by atoms with E-state index in [0.717, 1.165) is 5.22 Å². The maximum Gasteiger partial charge on any atom is 0.234 e. The van der Waals surface area contributed by atoms with Crippen molar-refractivity contribution in [1.82, 2.24) is 0 Å². The van der Waals surface area contributed by atoms with Crippen LogP contribution in [0.15, 0.2) is 30.3 Å². The summed E-state index contributed by atoms with van der Waals surface area (Å²) in [6.07, 6.45) is 45.0. The van der Waals surface area contributed by atoms with Gasteiger partial charge in [0.15, 0.2) is 0 Å². The molecule has 272 valence electrons. The molecule has 0 saturated heterocycles. The molecule has 1 aliphatic rings. The van der Waals surface area contributed by atoms with Crippen LogP contribution in [-0.2, 0) is 0 Å². The van der Waals surface area contributed by atoms with Crippen LogP contribution >= 0.6 is 0 Å². The molecule has 0 atom stereocenters. The molecule has 2 aromatic rings. The minimum absolute atomic E-state index is 0.0307. The molecule has 0 bridgehead atoms. The van der Waals surface area contributed by atoms with Gasteiger partial charge in [-0.1, -0.05) is 212 Å². The number of anilines is 1.